The number of aryl methyl sites for hydroxylation is 3. The second-order valence-electron chi connectivity index (χ2n) is 5.91. The number of ether oxygens (including phenoxy) is 1. The van der Waals surface area contributed by atoms with E-state index in [2.05, 4.69) is 10.3 Å². The molecule has 24 heavy (non-hydrogen) atoms. The average molecular weight is 342 g/mol. The number of nitrogens with one attached hydrogen (secondary N) is 1. The molecule has 124 valence electrons. The van der Waals surface area contributed by atoms with E-state index in [1.165, 1.54) is 30.5 Å². The highest BCUT2D eigenvalue weighted by atomic mass is 32.1. The number of hydrogen-bond acceptors (Lipinski definition) is 6. The molecule has 3 aromatic rings. The molecule has 1 N–H and O–H groups in total. The van der Waals surface area contributed by atoms with E-state index in [-0.39, 0.29) is 5.97 Å². The van der Waals surface area contributed by atoms with Crippen LogP contribution >= 0.6 is 11.3 Å². The van der Waals surface area contributed by atoms with Crippen LogP contribution in [0.4, 0.5) is 11.1 Å². The minimum atomic E-state index is -0.357. The number of hydrogen-bond donors (Lipinski definition) is 1. The van der Waals surface area contributed by atoms with Crippen molar-refractivity contribution in [1.82, 2.24) is 14.5 Å². The molecule has 0 saturated carbocycles. The molecule has 2 aromatic heterocycles. The fourth-order valence-electron chi connectivity index (χ4n) is 3.06. The SMILES string of the molecule is COC(=O)c1ccc2c(c1)nc(Nc1nc3c(s1)CCCC3)n2C. The molecule has 0 spiro atoms. The Balaban J connectivity index is 1.67. The molecular weight excluding hydrogens is 324 g/mol. The largest absolute Gasteiger partial charge is 0.465 e. The Kier molecular flexibility index (Phi) is 3.72. The van der Waals surface area contributed by atoms with E-state index in [0.29, 0.717) is 5.56 Å². The summed E-state index contributed by atoms with van der Waals surface area (Å²) in [6, 6.07) is 5.38. The number of carbonyl (C=O) groups is 1. The van der Waals surface area contributed by atoms with E-state index in [9.17, 15) is 4.79 Å². The minimum absolute atomic E-state index is 0.357. The summed E-state index contributed by atoms with van der Waals surface area (Å²) >= 11 is 1.71. The smallest absolute Gasteiger partial charge is 0.337 e. The molecule has 2 heterocycles. The van der Waals surface area contributed by atoms with Gasteiger partial charge in [0.1, 0.15) is 0 Å². The normalized spacial score (nSPS) is 13.8. The second kappa shape index (κ2) is 5.90. The van der Waals surface area contributed by atoms with E-state index < -0.39 is 0 Å². The van der Waals surface area contributed by atoms with Gasteiger partial charge in [0.2, 0.25) is 5.95 Å². The van der Waals surface area contributed by atoms with E-state index >= 15 is 0 Å². The molecule has 0 aliphatic heterocycles. The Bertz CT molecular complexity index is 905. The molecule has 0 bridgehead atoms. The summed E-state index contributed by atoms with van der Waals surface area (Å²) in [5.41, 5.74) is 3.43. The summed E-state index contributed by atoms with van der Waals surface area (Å²) in [5.74, 6) is 0.364. The third-order valence-corrected chi connectivity index (χ3v) is 5.44. The summed E-state index contributed by atoms with van der Waals surface area (Å²) < 4.78 is 6.74. The van der Waals surface area contributed by atoms with Gasteiger partial charge in [0, 0.05) is 11.9 Å². The van der Waals surface area contributed by atoms with Crippen LogP contribution in [0.3, 0.4) is 0 Å². The van der Waals surface area contributed by atoms with Gasteiger partial charge >= 0.3 is 5.97 Å². The number of aromatic nitrogens is 3. The van der Waals surface area contributed by atoms with Crippen molar-refractivity contribution in [3.05, 3.63) is 34.3 Å². The van der Waals surface area contributed by atoms with Crippen LogP contribution in [0.1, 0.15) is 33.8 Å². The first kappa shape index (κ1) is 15.1. The van der Waals surface area contributed by atoms with Gasteiger partial charge in [-0.1, -0.05) is 0 Å². The number of methoxy groups -OCH3 is 1. The average Bonchev–Trinajstić information content (AvgIpc) is 3.15. The highest BCUT2D eigenvalue weighted by Gasteiger charge is 2.17. The van der Waals surface area contributed by atoms with Gasteiger partial charge in [-0.2, -0.15) is 0 Å². The first-order chi connectivity index (χ1) is 11.7. The van der Waals surface area contributed by atoms with Gasteiger partial charge in [-0.15, -0.1) is 11.3 Å². The number of carbonyl (C=O) groups excluding carboxylic acids is 1. The summed E-state index contributed by atoms with van der Waals surface area (Å²) in [6.45, 7) is 0. The van der Waals surface area contributed by atoms with Crippen LogP contribution in [0.25, 0.3) is 11.0 Å². The molecule has 1 aliphatic rings. The Morgan fingerprint density at radius 1 is 1.29 bits per heavy atom. The predicted octanol–water partition coefficient (Wildman–Crippen LogP) is 3.44. The van der Waals surface area contributed by atoms with E-state index in [0.717, 1.165) is 35.0 Å². The number of anilines is 2. The van der Waals surface area contributed by atoms with Crippen molar-refractivity contribution in [3.8, 4) is 0 Å². The number of thiazole rings is 1. The van der Waals surface area contributed by atoms with Gasteiger partial charge in [0.05, 0.1) is 29.4 Å². The maximum Gasteiger partial charge on any atom is 0.337 e. The standard InChI is InChI=1S/C17H18N4O2S/c1-21-13-8-7-10(15(22)23-2)9-12(13)18-16(21)20-17-19-11-5-3-4-6-14(11)24-17/h7-9H,3-6H2,1-2H3,(H,18,19,20). The molecule has 1 aliphatic carbocycles. The lowest BCUT2D eigenvalue weighted by atomic mass is 10.0. The molecule has 0 radical (unpaired) electrons. The third kappa shape index (κ3) is 2.54. The number of rotatable bonds is 3. The van der Waals surface area contributed by atoms with Crippen LogP contribution in [0.5, 0.6) is 0 Å². The lowest BCUT2D eigenvalue weighted by molar-refractivity contribution is 0.0601. The fraction of sp³-hybridized carbons (Fsp3) is 0.353. The number of benzene rings is 1. The molecule has 4 rings (SSSR count). The van der Waals surface area contributed by atoms with Crippen LogP contribution < -0.4 is 5.32 Å². The summed E-state index contributed by atoms with van der Waals surface area (Å²) in [4.78, 5) is 22.4. The zero-order valence-corrected chi connectivity index (χ0v) is 14.4. The van der Waals surface area contributed by atoms with Crippen molar-refractivity contribution in [2.75, 3.05) is 12.4 Å². The van der Waals surface area contributed by atoms with Crippen molar-refractivity contribution in [3.63, 3.8) is 0 Å². The maximum absolute atomic E-state index is 11.7. The van der Waals surface area contributed by atoms with Gasteiger partial charge in [0.15, 0.2) is 5.13 Å². The van der Waals surface area contributed by atoms with E-state index in [1.54, 1.807) is 23.5 Å². The summed E-state index contributed by atoms with van der Waals surface area (Å²) in [6.07, 6.45) is 4.66. The third-order valence-electron chi connectivity index (χ3n) is 4.37. The van der Waals surface area contributed by atoms with Crippen LogP contribution in [0.2, 0.25) is 0 Å². The van der Waals surface area contributed by atoms with Crippen molar-refractivity contribution in [2.24, 2.45) is 7.05 Å². The molecular formula is C17H18N4O2S. The van der Waals surface area contributed by atoms with Crippen LogP contribution in [-0.4, -0.2) is 27.6 Å². The first-order valence-electron chi connectivity index (χ1n) is 7.96. The van der Waals surface area contributed by atoms with Gasteiger partial charge in [-0.05, 0) is 43.9 Å². The molecule has 0 saturated heterocycles. The first-order valence-corrected chi connectivity index (χ1v) is 8.78. The van der Waals surface area contributed by atoms with Crippen molar-refractivity contribution in [2.45, 2.75) is 25.7 Å². The molecule has 6 nitrogen and oxygen atoms in total. The Morgan fingerprint density at radius 3 is 2.92 bits per heavy atom. The van der Waals surface area contributed by atoms with Crippen molar-refractivity contribution >= 4 is 39.4 Å². The molecule has 1 aromatic carbocycles. The Labute approximate surface area is 143 Å². The quantitative estimate of drug-likeness (QED) is 0.739. The molecule has 0 atom stereocenters. The Hall–Kier alpha value is -2.41. The highest BCUT2D eigenvalue weighted by molar-refractivity contribution is 7.15. The topological polar surface area (TPSA) is 69.0 Å². The number of fused-ring (bicyclic) bond motifs is 2. The van der Waals surface area contributed by atoms with Gasteiger partial charge < -0.3 is 14.6 Å². The molecule has 0 unspecified atom stereocenters. The van der Waals surface area contributed by atoms with E-state index in [1.807, 2.05) is 17.7 Å². The van der Waals surface area contributed by atoms with Crippen molar-refractivity contribution in [1.29, 1.82) is 0 Å². The number of esters is 1. The zero-order valence-electron chi connectivity index (χ0n) is 13.6. The highest BCUT2D eigenvalue weighted by Crippen LogP contribution is 2.31. The van der Waals surface area contributed by atoms with Crippen LogP contribution in [0, 0.1) is 0 Å². The molecule has 7 heteroatoms. The Morgan fingerprint density at radius 2 is 2.12 bits per heavy atom. The lowest BCUT2D eigenvalue weighted by Gasteiger charge is -2.06. The fourth-order valence-corrected chi connectivity index (χ4v) is 4.10. The summed E-state index contributed by atoms with van der Waals surface area (Å²) in [5, 5.41) is 4.21. The van der Waals surface area contributed by atoms with Gasteiger partial charge in [0.25, 0.3) is 0 Å². The van der Waals surface area contributed by atoms with Gasteiger partial charge in [-0.25, -0.2) is 14.8 Å². The predicted molar refractivity (Wildman–Crippen MR) is 94.1 cm³/mol. The maximum atomic E-state index is 11.7. The zero-order chi connectivity index (χ0) is 16.7. The van der Waals surface area contributed by atoms with Gasteiger partial charge in [-0.3, -0.25) is 0 Å². The number of imidazole rings is 1. The van der Waals surface area contributed by atoms with Crippen LogP contribution in [0.15, 0.2) is 18.2 Å². The monoisotopic (exact) mass is 342 g/mol. The molecule has 0 amide bonds. The second-order valence-corrected chi connectivity index (χ2v) is 6.99. The number of nitrogens with zero attached hydrogens (tertiary/aromatic N) is 3. The van der Waals surface area contributed by atoms with E-state index in [4.69, 9.17) is 9.72 Å². The van der Waals surface area contributed by atoms with Crippen molar-refractivity contribution < 1.29 is 9.53 Å². The minimum Gasteiger partial charge on any atom is -0.465 e. The summed E-state index contributed by atoms with van der Waals surface area (Å²) in [7, 11) is 3.32. The lowest BCUT2D eigenvalue weighted by Crippen LogP contribution is -2.01. The molecule has 0 fully saturated rings. The van der Waals surface area contributed by atoms with Crippen LogP contribution in [-0.2, 0) is 24.6 Å².